The lowest BCUT2D eigenvalue weighted by atomic mass is 10.0. The van der Waals surface area contributed by atoms with Crippen LogP contribution in [0.5, 0.6) is 0 Å². The van der Waals surface area contributed by atoms with Crippen LogP contribution >= 0.6 is 0 Å². The number of benzene rings is 1. The highest BCUT2D eigenvalue weighted by molar-refractivity contribution is 6.16. The molecule has 3 heterocycles. The molecule has 0 atom stereocenters. The van der Waals surface area contributed by atoms with E-state index < -0.39 is 0 Å². The Morgan fingerprint density at radius 3 is 2.32 bits per heavy atom. The van der Waals surface area contributed by atoms with Gasteiger partial charge < -0.3 is 4.42 Å². The summed E-state index contributed by atoms with van der Waals surface area (Å²) in [5.74, 6) is 0.752. The van der Waals surface area contributed by atoms with Crippen LogP contribution in [0, 0.1) is 25.7 Å². The molecule has 3 aromatic heterocycles. The average Bonchev–Trinajstić information content (AvgIpc) is 3.77. The maximum atomic E-state index is 13.1. The standard InChI is InChI=1S/C26H23N5O3/c1-14-3-10-22(34-14)23-20(18-8-9-21-19(11-18)15(2)28-13-29-21)12-27-26(30-23)31(24(32)16-4-5-16)25(33)17-6-7-17/h3,8-13,16-17H,4-7H2,1-2H3. The van der Waals surface area contributed by atoms with E-state index in [0.29, 0.717) is 11.5 Å². The first-order valence-corrected chi connectivity index (χ1v) is 11.5. The topological polar surface area (TPSA) is 102 Å². The number of rotatable bonds is 5. The van der Waals surface area contributed by atoms with Crippen LogP contribution in [0.25, 0.3) is 33.5 Å². The first-order valence-electron chi connectivity index (χ1n) is 11.5. The molecule has 2 aliphatic carbocycles. The van der Waals surface area contributed by atoms with Crippen molar-refractivity contribution in [3.8, 4) is 22.6 Å². The molecule has 8 heteroatoms. The summed E-state index contributed by atoms with van der Waals surface area (Å²) in [6, 6.07) is 9.60. The van der Waals surface area contributed by atoms with E-state index in [4.69, 9.17) is 9.40 Å². The maximum absolute atomic E-state index is 13.1. The Bertz CT molecular complexity index is 1430. The molecule has 2 amide bonds. The number of carbonyl (C=O) groups excluding carboxylic acids is 2. The van der Waals surface area contributed by atoms with Crippen molar-refractivity contribution in [2.75, 3.05) is 4.90 Å². The van der Waals surface area contributed by atoms with Crippen LogP contribution in [0.3, 0.4) is 0 Å². The smallest absolute Gasteiger partial charge is 0.239 e. The maximum Gasteiger partial charge on any atom is 0.239 e. The third kappa shape index (κ3) is 3.65. The van der Waals surface area contributed by atoms with Crippen LogP contribution in [0.15, 0.2) is 47.3 Å². The second-order valence-electron chi connectivity index (χ2n) is 9.09. The van der Waals surface area contributed by atoms with E-state index in [1.54, 1.807) is 12.5 Å². The summed E-state index contributed by atoms with van der Waals surface area (Å²) in [7, 11) is 0. The lowest BCUT2D eigenvalue weighted by molar-refractivity contribution is -0.128. The predicted octanol–water partition coefficient (Wildman–Crippen LogP) is 4.64. The number of carbonyl (C=O) groups is 2. The van der Waals surface area contributed by atoms with Gasteiger partial charge in [-0.15, -0.1) is 0 Å². The van der Waals surface area contributed by atoms with Gasteiger partial charge in [-0.2, -0.15) is 0 Å². The zero-order chi connectivity index (χ0) is 23.4. The summed E-state index contributed by atoms with van der Waals surface area (Å²) in [6.07, 6.45) is 6.42. The minimum absolute atomic E-state index is 0.113. The zero-order valence-electron chi connectivity index (χ0n) is 19.0. The highest BCUT2D eigenvalue weighted by Crippen LogP contribution is 2.39. The highest BCUT2D eigenvalue weighted by atomic mass is 16.3. The van der Waals surface area contributed by atoms with Crippen LogP contribution in [-0.2, 0) is 9.59 Å². The fourth-order valence-corrected chi connectivity index (χ4v) is 4.13. The molecule has 4 aromatic rings. The molecule has 2 saturated carbocycles. The number of furan rings is 1. The number of hydrogen-bond acceptors (Lipinski definition) is 7. The summed E-state index contributed by atoms with van der Waals surface area (Å²) in [5.41, 5.74) is 3.86. The number of nitrogens with zero attached hydrogens (tertiary/aromatic N) is 5. The van der Waals surface area contributed by atoms with Crippen LogP contribution in [0.1, 0.15) is 37.1 Å². The second kappa shape index (κ2) is 7.83. The fraction of sp³-hybridized carbons (Fsp3) is 0.308. The zero-order valence-corrected chi connectivity index (χ0v) is 19.0. The molecule has 2 aliphatic rings. The lowest BCUT2D eigenvalue weighted by Crippen LogP contribution is -2.40. The molecule has 0 unspecified atom stereocenters. The SMILES string of the molecule is Cc1ccc(-c2nc(N(C(=O)C3CC3)C(=O)C3CC3)ncc2-c2ccc3ncnc(C)c3c2)o1. The first kappa shape index (κ1) is 20.7. The van der Waals surface area contributed by atoms with Gasteiger partial charge in [0.05, 0.1) is 5.52 Å². The van der Waals surface area contributed by atoms with Crippen molar-refractivity contribution < 1.29 is 14.0 Å². The number of amides is 2. The molecule has 1 aromatic carbocycles. The minimum Gasteiger partial charge on any atom is -0.460 e. The summed E-state index contributed by atoms with van der Waals surface area (Å²) < 4.78 is 5.91. The molecule has 6 rings (SSSR count). The summed E-state index contributed by atoms with van der Waals surface area (Å²) in [5, 5.41) is 0.931. The summed E-state index contributed by atoms with van der Waals surface area (Å²) in [6.45, 7) is 3.80. The summed E-state index contributed by atoms with van der Waals surface area (Å²) in [4.78, 5) is 45.2. The molecular weight excluding hydrogens is 430 g/mol. The monoisotopic (exact) mass is 453 g/mol. The van der Waals surface area contributed by atoms with Gasteiger partial charge in [0, 0.05) is 34.7 Å². The van der Waals surface area contributed by atoms with Crippen molar-refractivity contribution in [3.05, 3.63) is 54.3 Å². The van der Waals surface area contributed by atoms with Crippen LogP contribution < -0.4 is 4.90 Å². The molecule has 0 bridgehead atoms. The molecular formula is C26H23N5O3. The Morgan fingerprint density at radius 2 is 1.68 bits per heavy atom. The third-order valence-electron chi connectivity index (χ3n) is 6.39. The normalized spacial score (nSPS) is 15.5. The Balaban J connectivity index is 1.51. The lowest BCUT2D eigenvalue weighted by Gasteiger charge is -2.20. The molecule has 8 nitrogen and oxygen atoms in total. The van der Waals surface area contributed by atoms with Gasteiger partial charge in [0.2, 0.25) is 17.8 Å². The van der Waals surface area contributed by atoms with E-state index in [1.807, 2.05) is 44.2 Å². The average molecular weight is 454 g/mol. The number of aromatic nitrogens is 4. The third-order valence-corrected chi connectivity index (χ3v) is 6.39. The van der Waals surface area contributed by atoms with E-state index in [-0.39, 0.29) is 29.6 Å². The van der Waals surface area contributed by atoms with Crippen LogP contribution in [0.2, 0.25) is 0 Å². The van der Waals surface area contributed by atoms with Crippen molar-refractivity contribution in [2.45, 2.75) is 39.5 Å². The van der Waals surface area contributed by atoms with E-state index in [2.05, 4.69) is 15.0 Å². The van der Waals surface area contributed by atoms with Gasteiger partial charge in [-0.1, -0.05) is 6.07 Å². The Kier molecular flexibility index (Phi) is 4.76. The molecule has 0 radical (unpaired) electrons. The minimum atomic E-state index is -0.204. The van der Waals surface area contributed by atoms with Gasteiger partial charge in [0.15, 0.2) is 5.76 Å². The van der Waals surface area contributed by atoms with Gasteiger partial charge in [0.25, 0.3) is 0 Å². The first-order chi connectivity index (χ1) is 16.5. The molecule has 170 valence electrons. The molecule has 0 spiro atoms. The number of anilines is 1. The largest absolute Gasteiger partial charge is 0.460 e. The van der Waals surface area contributed by atoms with Crippen LogP contribution in [-0.4, -0.2) is 31.8 Å². The number of aryl methyl sites for hydroxylation is 2. The van der Waals surface area contributed by atoms with E-state index >= 15 is 0 Å². The van der Waals surface area contributed by atoms with Crippen molar-refractivity contribution in [1.29, 1.82) is 0 Å². The molecule has 2 fully saturated rings. The fourth-order valence-electron chi connectivity index (χ4n) is 4.13. The van der Waals surface area contributed by atoms with Crippen molar-refractivity contribution >= 4 is 28.7 Å². The summed E-state index contributed by atoms with van der Waals surface area (Å²) >= 11 is 0. The molecule has 34 heavy (non-hydrogen) atoms. The van der Waals surface area contributed by atoms with Crippen molar-refractivity contribution in [1.82, 2.24) is 19.9 Å². The van der Waals surface area contributed by atoms with Gasteiger partial charge in [-0.25, -0.2) is 24.8 Å². The quantitative estimate of drug-likeness (QED) is 0.406. The second-order valence-corrected chi connectivity index (χ2v) is 9.09. The van der Waals surface area contributed by atoms with E-state index in [0.717, 1.165) is 59.2 Å². The number of hydrogen-bond donors (Lipinski definition) is 0. The van der Waals surface area contributed by atoms with Gasteiger partial charge >= 0.3 is 0 Å². The molecule has 0 saturated heterocycles. The molecule has 0 N–H and O–H groups in total. The van der Waals surface area contributed by atoms with Crippen molar-refractivity contribution in [3.63, 3.8) is 0 Å². The van der Waals surface area contributed by atoms with Gasteiger partial charge in [-0.3, -0.25) is 9.59 Å². The highest BCUT2D eigenvalue weighted by Gasteiger charge is 2.43. The number of imide groups is 1. The molecule has 0 aliphatic heterocycles. The van der Waals surface area contributed by atoms with Gasteiger partial charge in [0.1, 0.15) is 17.8 Å². The van der Waals surface area contributed by atoms with Crippen molar-refractivity contribution in [2.24, 2.45) is 11.8 Å². The Hall–Kier alpha value is -3.94. The van der Waals surface area contributed by atoms with Gasteiger partial charge in [-0.05, 0) is 69.4 Å². The van der Waals surface area contributed by atoms with E-state index in [1.165, 1.54) is 4.90 Å². The Labute approximate surface area is 196 Å². The number of fused-ring (bicyclic) bond motifs is 1. The van der Waals surface area contributed by atoms with E-state index in [9.17, 15) is 9.59 Å². The predicted molar refractivity (Wildman–Crippen MR) is 126 cm³/mol. The van der Waals surface area contributed by atoms with Crippen LogP contribution in [0.4, 0.5) is 5.95 Å². The Morgan fingerprint density at radius 1 is 0.941 bits per heavy atom.